The van der Waals surface area contributed by atoms with Crippen LogP contribution >= 0.6 is 0 Å². The molecule has 4 aromatic rings. The second kappa shape index (κ2) is 13.8. The first kappa shape index (κ1) is 26.6. The number of benzene rings is 2. The van der Waals surface area contributed by atoms with Crippen LogP contribution in [0.5, 0.6) is 5.75 Å². The van der Waals surface area contributed by atoms with Gasteiger partial charge in [-0.15, -0.1) is 0 Å². The maximum atomic E-state index is 12.2. The quantitative estimate of drug-likeness (QED) is 0.221. The molecule has 0 spiro atoms. The van der Waals surface area contributed by atoms with Gasteiger partial charge in [-0.1, -0.05) is 30.3 Å². The van der Waals surface area contributed by atoms with Gasteiger partial charge in [0.2, 0.25) is 0 Å². The van der Waals surface area contributed by atoms with Gasteiger partial charge in [-0.05, 0) is 91.8 Å². The van der Waals surface area contributed by atoms with Crippen molar-refractivity contribution in [3.8, 4) is 16.9 Å². The van der Waals surface area contributed by atoms with Crippen LogP contribution in [0.25, 0.3) is 11.1 Å². The van der Waals surface area contributed by atoms with E-state index in [1.165, 1.54) is 0 Å². The van der Waals surface area contributed by atoms with Gasteiger partial charge in [-0.25, -0.2) is 9.78 Å². The van der Waals surface area contributed by atoms with Gasteiger partial charge in [-0.3, -0.25) is 4.98 Å². The van der Waals surface area contributed by atoms with Crippen molar-refractivity contribution in [2.75, 3.05) is 37.8 Å². The van der Waals surface area contributed by atoms with Crippen LogP contribution in [0.1, 0.15) is 17.5 Å². The fourth-order valence-electron chi connectivity index (χ4n) is 3.89. The third-order valence-electron chi connectivity index (χ3n) is 5.86. The summed E-state index contributed by atoms with van der Waals surface area (Å²) in [5.41, 5.74) is 4.89. The Hall–Kier alpha value is -4.43. The predicted octanol–water partition coefficient (Wildman–Crippen LogP) is 5.41. The van der Waals surface area contributed by atoms with Crippen LogP contribution in [0, 0.1) is 0 Å². The molecule has 0 atom stereocenters. The molecule has 2 heterocycles. The second-order valence-electron chi connectivity index (χ2n) is 9.15. The highest BCUT2D eigenvalue weighted by molar-refractivity contribution is 5.89. The van der Waals surface area contributed by atoms with Crippen LogP contribution < -0.4 is 20.7 Å². The van der Waals surface area contributed by atoms with Crippen molar-refractivity contribution in [3.05, 3.63) is 103 Å². The van der Waals surface area contributed by atoms with Gasteiger partial charge in [-0.2, -0.15) is 0 Å². The van der Waals surface area contributed by atoms with E-state index in [0.29, 0.717) is 18.8 Å². The zero-order valence-corrected chi connectivity index (χ0v) is 21.9. The summed E-state index contributed by atoms with van der Waals surface area (Å²) in [5, 5.41) is 9.07. The van der Waals surface area contributed by atoms with Crippen LogP contribution in [-0.2, 0) is 13.2 Å². The van der Waals surface area contributed by atoms with Crippen molar-refractivity contribution in [2.45, 2.75) is 19.6 Å². The summed E-state index contributed by atoms with van der Waals surface area (Å²) in [6.45, 7) is 2.73. The first-order valence-corrected chi connectivity index (χ1v) is 12.7. The lowest BCUT2D eigenvalue weighted by Crippen LogP contribution is -2.28. The Labute approximate surface area is 224 Å². The van der Waals surface area contributed by atoms with E-state index >= 15 is 0 Å². The van der Waals surface area contributed by atoms with E-state index in [2.05, 4.69) is 63.1 Å². The molecule has 0 bridgehead atoms. The molecule has 0 unspecified atom stereocenters. The summed E-state index contributed by atoms with van der Waals surface area (Å²) in [6, 6.07) is 23.1. The number of aromatic nitrogens is 2. The highest BCUT2D eigenvalue weighted by atomic mass is 16.5. The molecule has 0 saturated carbocycles. The minimum Gasteiger partial charge on any atom is -0.489 e. The Kier molecular flexibility index (Phi) is 9.64. The smallest absolute Gasteiger partial charge is 0.319 e. The SMILES string of the molecule is CN(C)CCCNc1cc(-c2ccccc2COc2ccc(NC(=O)NCc3cccnc3)cc2)ccn1. The van der Waals surface area contributed by atoms with Gasteiger partial charge >= 0.3 is 6.03 Å². The van der Waals surface area contributed by atoms with E-state index in [-0.39, 0.29) is 6.03 Å². The summed E-state index contributed by atoms with van der Waals surface area (Å²) in [7, 11) is 4.15. The summed E-state index contributed by atoms with van der Waals surface area (Å²) in [6.07, 6.45) is 6.31. The molecule has 8 heteroatoms. The number of ether oxygens (including phenoxy) is 1. The van der Waals surface area contributed by atoms with Crippen LogP contribution in [0.3, 0.4) is 0 Å². The Morgan fingerprint density at radius 3 is 2.61 bits per heavy atom. The average Bonchev–Trinajstić information content (AvgIpc) is 2.95. The third-order valence-corrected chi connectivity index (χ3v) is 5.86. The first-order valence-electron chi connectivity index (χ1n) is 12.7. The summed E-state index contributed by atoms with van der Waals surface area (Å²) >= 11 is 0. The number of hydrogen-bond donors (Lipinski definition) is 3. The second-order valence-corrected chi connectivity index (χ2v) is 9.15. The maximum absolute atomic E-state index is 12.2. The Bertz CT molecular complexity index is 1300. The lowest BCUT2D eigenvalue weighted by Gasteiger charge is -2.14. The number of carbonyl (C=O) groups excluding carboxylic acids is 1. The van der Waals surface area contributed by atoms with Crippen LogP contribution in [0.2, 0.25) is 0 Å². The van der Waals surface area contributed by atoms with Gasteiger partial charge in [0.25, 0.3) is 0 Å². The van der Waals surface area contributed by atoms with Crippen molar-refractivity contribution in [1.82, 2.24) is 20.2 Å². The molecule has 8 nitrogen and oxygen atoms in total. The van der Waals surface area contributed by atoms with Crippen LogP contribution in [-0.4, -0.2) is 48.1 Å². The van der Waals surface area contributed by atoms with Gasteiger partial charge in [0.1, 0.15) is 18.2 Å². The minimum atomic E-state index is -0.277. The number of amides is 2. The largest absolute Gasteiger partial charge is 0.489 e. The molecule has 38 heavy (non-hydrogen) atoms. The zero-order valence-electron chi connectivity index (χ0n) is 21.9. The molecule has 0 fully saturated rings. The van der Waals surface area contributed by atoms with E-state index in [1.54, 1.807) is 12.4 Å². The number of anilines is 2. The van der Waals surface area contributed by atoms with E-state index < -0.39 is 0 Å². The lowest BCUT2D eigenvalue weighted by molar-refractivity contribution is 0.251. The highest BCUT2D eigenvalue weighted by Gasteiger charge is 2.08. The summed E-state index contributed by atoms with van der Waals surface area (Å²) in [5.74, 6) is 1.59. The molecule has 4 rings (SSSR count). The number of carbonyl (C=O) groups is 1. The predicted molar refractivity (Wildman–Crippen MR) is 152 cm³/mol. The number of rotatable bonds is 12. The number of nitrogens with zero attached hydrogens (tertiary/aromatic N) is 3. The fraction of sp³-hybridized carbons (Fsp3) is 0.233. The molecule has 3 N–H and O–H groups in total. The van der Waals surface area contributed by atoms with E-state index in [0.717, 1.165) is 53.3 Å². The van der Waals surface area contributed by atoms with Gasteiger partial charge in [0.05, 0.1) is 0 Å². The van der Waals surface area contributed by atoms with Gasteiger partial charge in [0, 0.05) is 37.4 Å². The third kappa shape index (κ3) is 8.31. The molecular weight excluding hydrogens is 476 g/mol. The molecule has 2 aromatic heterocycles. The van der Waals surface area contributed by atoms with Crippen LogP contribution in [0.4, 0.5) is 16.3 Å². The Balaban J connectivity index is 1.31. The van der Waals surface area contributed by atoms with E-state index in [4.69, 9.17) is 4.74 Å². The number of urea groups is 1. The molecule has 2 amide bonds. The van der Waals surface area contributed by atoms with Gasteiger partial charge in [0.15, 0.2) is 0 Å². The topological polar surface area (TPSA) is 91.4 Å². The van der Waals surface area contributed by atoms with Gasteiger partial charge < -0.3 is 25.6 Å². The van der Waals surface area contributed by atoms with Crippen molar-refractivity contribution in [1.29, 1.82) is 0 Å². The normalized spacial score (nSPS) is 10.7. The van der Waals surface area contributed by atoms with Crippen molar-refractivity contribution >= 4 is 17.5 Å². The summed E-state index contributed by atoms with van der Waals surface area (Å²) in [4.78, 5) is 22.9. The molecule has 196 valence electrons. The van der Waals surface area contributed by atoms with E-state index in [9.17, 15) is 4.79 Å². The molecule has 2 aromatic carbocycles. The standard InChI is InChI=1S/C30H34N6O2/c1-36(2)18-6-16-32-29-19-24(14-17-33-29)28-9-4-3-8-25(28)22-38-27-12-10-26(11-13-27)35-30(37)34-21-23-7-5-15-31-20-23/h3-5,7-15,17,19-20H,6,16,18,21-22H2,1-2H3,(H,32,33)(H2,34,35,37). The molecule has 0 radical (unpaired) electrons. The molecule has 0 aliphatic heterocycles. The van der Waals surface area contributed by atoms with E-state index in [1.807, 2.05) is 60.8 Å². The highest BCUT2D eigenvalue weighted by Crippen LogP contribution is 2.26. The average molecular weight is 511 g/mol. The van der Waals surface area contributed by atoms with Crippen molar-refractivity contribution in [3.63, 3.8) is 0 Å². The fourth-order valence-corrected chi connectivity index (χ4v) is 3.89. The summed E-state index contributed by atoms with van der Waals surface area (Å²) < 4.78 is 6.08. The molecular formula is C30H34N6O2. The number of pyridine rings is 2. The van der Waals surface area contributed by atoms with Crippen molar-refractivity contribution < 1.29 is 9.53 Å². The molecule has 0 saturated heterocycles. The lowest BCUT2D eigenvalue weighted by atomic mass is 10.0. The zero-order chi connectivity index (χ0) is 26.6. The van der Waals surface area contributed by atoms with Crippen molar-refractivity contribution in [2.24, 2.45) is 0 Å². The monoisotopic (exact) mass is 510 g/mol. The minimum absolute atomic E-state index is 0.277. The first-order chi connectivity index (χ1) is 18.6. The molecule has 0 aliphatic carbocycles. The maximum Gasteiger partial charge on any atom is 0.319 e. The molecule has 0 aliphatic rings. The number of hydrogen-bond acceptors (Lipinski definition) is 6. The Morgan fingerprint density at radius 2 is 1.82 bits per heavy atom. The Morgan fingerprint density at radius 1 is 0.974 bits per heavy atom. The van der Waals surface area contributed by atoms with Crippen LogP contribution in [0.15, 0.2) is 91.4 Å². The number of nitrogens with one attached hydrogen (secondary N) is 3.